The highest BCUT2D eigenvalue weighted by molar-refractivity contribution is 5.99. The lowest BCUT2D eigenvalue weighted by Crippen LogP contribution is -2.30. The molecule has 1 amide bonds. The number of aromatic nitrogens is 1. The number of hydrogen-bond acceptors (Lipinski definition) is 5. The van der Waals surface area contributed by atoms with Crippen LogP contribution in [0.25, 0.3) is 0 Å². The Hall–Kier alpha value is -3.40. The summed E-state index contributed by atoms with van der Waals surface area (Å²) in [4.78, 5) is 37.8. The van der Waals surface area contributed by atoms with Crippen molar-refractivity contribution in [3.63, 3.8) is 0 Å². The van der Waals surface area contributed by atoms with Crippen molar-refractivity contribution < 1.29 is 19.1 Å². The van der Waals surface area contributed by atoms with Crippen LogP contribution in [0.5, 0.6) is 0 Å². The number of benzene rings is 1. The van der Waals surface area contributed by atoms with Crippen LogP contribution in [-0.4, -0.2) is 28.7 Å². The minimum atomic E-state index is -1.03. The van der Waals surface area contributed by atoms with Crippen LogP contribution in [0.3, 0.4) is 0 Å². The fourth-order valence-corrected chi connectivity index (χ4v) is 1.86. The fraction of sp³-hybridized carbons (Fsp3) is 0.176. The zero-order valence-corrected chi connectivity index (χ0v) is 13.1. The molecule has 2 rings (SSSR count). The molecule has 1 heterocycles. The minimum absolute atomic E-state index is 0.0956. The van der Waals surface area contributed by atoms with E-state index < -0.39 is 18.0 Å². The van der Waals surface area contributed by atoms with Crippen LogP contribution in [0.2, 0.25) is 0 Å². The largest absolute Gasteiger partial charge is 0.448 e. The lowest BCUT2D eigenvalue weighted by Gasteiger charge is -2.13. The molecule has 0 saturated carbocycles. The molecule has 0 spiro atoms. The third-order valence-electron chi connectivity index (χ3n) is 3.24. The van der Waals surface area contributed by atoms with E-state index in [1.807, 2.05) is 6.07 Å². The number of ether oxygens (including phenoxy) is 1. The maximum atomic E-state index is 12.0. The quantitative estimate of drug-likeness (QED) is 0.647. The summed E-state index contributed by atoms with van der Waals surface area (Å²) in [6, 6.07) is 9.63. The number of hydrogen-bond donors (Lipinski definition) is 2. The zero-order chi connectivity index (χ0) is 17.7. The van der Waals surface area contributed by atoms with E-state index in [9.17, 15) is 14.4 Å². The van der Waals surface area contributed by atoms with Gasteiger partial charge in [0.05, 0.1) is 11.6 Å². The SMILES string of the molecule is CC(=O)c1c[nH]c(C(=O)O[C@@H](C)C(=O)Nc2ccc(C#N)cc2)c1. The van der Waals surface area contributed by atoms with Crippen LogP contribution in [0.1, 0.15) is 40.3 Å². The van der Waals surface area contributed by atoms with Gasteiger partial charge in [-0.05, 0) is 44.2 Å². The van der Waals surface area contributed by atoms with Crippen LogP contribution in [0, 0.1) is 11.3 Å². The number of aromatic amines is 1. The van der Waals surface area contributed by atoms with Gasteiger partial charge < -0.3 is 15.0 Å². The van der Waals surface area contributed by atoms with E-state index in [1.165, 1.54) is 26.1 Å². The van der Waals surface area contributed by atoms with Gasteiger partial charge in [-0.15, -0.1) is 0 Å². The predicted octanol–water partition coefficient (Wildman–Crippen LogP) is 2.27. The lowest BCUT2D eigenvalue weighted by molar-refractivity contribution is -0.123. The van der Waals surface area contributed by atoms with Crippen molar-refractivity contribution in [3.05, 3.63) is 53.3 Å². The van der Waals surface area contributed by atoms with E-state index in [0.717, 1.165) is 0 Å². The number of rotatable bonds is 5. The second-order valence-corrected chi connectivity index (χ2v) is 5.08. The zero-order valence-electron chi connectivity index (χ0n) is 13.1. The van der Waals surface area contributed by atoms with E-state index in [0.29, 0.717) is 16.8 Å². The number of esters is 1. The number of nitriles is 1. The molecule has 0 aliphatic carbocycles. The molecule has 1 atom stereocenters. The molecule has 0 saturated heterocycles. The van der Waals surface area contributed by atoms with Crippen molar-refractivity contribution in [2.24, 2.45) is 0 Å². The molecule has 0 aliphatic rings. The first-order chi connectivity index (χ1) is 11.4. The van der Waals surface area contributed by atoms with Crippen molar-refractivity contribution >= 4 is 23.3 Å². The Kier molecular flexibility index (Phi) is 5.12. The van der Waals surface area contributed by atoms with Crippen molar-refractivity contribution in [1.82, 2.24) is 4.98 Å². The summed E-state index contributed by atoms with van der Waals surface area (Å²) < 4.78 is 5.06. The molecule has 2 aromatic rings. The molecule has 0 bridgehead atoms. The number of H-pyrrole nitrogens is 1. The monoisotopic (exact) mass is 325 g/mol. The molecule has 0 radical (unpaired) electrons. The number of amides is 1. The molecule has 1 aromatic heterocycles. The molecular weight excluding hydrogens is 310 g/mol. The standard InChI is InChI=1S/C17H15N3O4/c1-10(21)13-7-15(19-9-13)17(23)24-11(2)16(22)20-14-5-3-12(8-18)4-6-14/h3-7,9,11,19H,1-2H3,(H,20,22)/t11-/m0/s1. The van der Waals surface area contributed by atoms with Crippen LogP contribution < -0.4 is 5.32 Å². The van der Waals surface area contributed by atoms with E-state index in [1.54, 1.807) is 24.3 Å². The normalized spacial score (nSPS) is 11.2. The van der Waals surface area contributed by atoms with Gasteiger partial charge in [-0.1, -0.05) is 0 Å². The van der Waals surface area contributed by atoms with Gasteiger partial charge in [-0.2, -0.15) is 5.26 Å². The first-order valence-electron chi connectivity index (χ1n) is 7.12. The van der Waals surface area contributed by atoms with Crippen LogP contribution in [0.15, 0.2) is 36.5 Å². The van der Waals surface area contributed by atoms with Crippen LogP contribution >= 0.6 is 0 Å². The number of nitrogens with zero attached hydrogens (tertiary/aromatic N) is 1. The number of anilines is 1. The first-order valence-corrected chi connectivity index (χ1v) is 7.12. The first kappa shape index (κ1) is 17.0. The van der Waals surface area contributed by atoms with Gasteiger partial charge in [0, 0.05) is 17.4 Å². The van der Waals surface area contributed by atoms with Gasteiger partial charge in [0.25, 0.3) is 5.91 Å². The topological polar surface area (TPSA) is 112 Å². The average molecular weight is 325 g/mol. The maximum absolute atomic E-state index is 12.0. The van der Waals surface area contributed by atoms with Gasteiger partial charge in [-0.3, -0.25) is 9.59 Å². The number of carbonyl (C=O) groups is 3. The van der Waals surface area contributed by atoms with Crippen LogP contribution in [0.4, 0.5) is 5.69 Å². The summed E-state index contributed by atoms with van der Waals surface area (Å²) in [7, 11) is 0. The number of ketones is 1. The molecule has 0 unspecified atom stereocenters. The van der Waals surface area contributed by atoms with Crippen molar-refractivity contribution in [1.29, 1.82) is 5.26 Å². The van der Waals surface area contributed by atoms with E-state index >= 15 is 0 Å². The Morgan fingerprint density at radius 2 is 1.92 bits per heavy atom. The van der Waals surface area contributed by atoms with Gasteiger partial charge in [0.15, 0.2) is 11.9 Å². The smallest absolute Gasteiger partial charge is 0.355 e. The molecule has 7 nitrogen and oxygen atoms in total. The van der Waals surface area contributed by atoms with Crippen molar-refractivity contribution in [3.8, 4) is 6.07 Å². The van der Waals surface area contributed by atoms with E-state index in [-0.39, 0.29) is 11.5 Å². The highest BCUT2D eigenvalue weighted by Gasteiger charge is 2.20. The summed E-state index contributed by atoms with van der Waals surface area (Å²) in [6.45, 7) is 2.82. The highest BCUT2D eigenvalue weighted by atomic mass is 16.5. The summed E-state index contributed by atoms with van der Waals surface area (Å²) in [5.74, 6) is -1.42. The van der Waals surface area contributed by atoms with Crippen molar-refractivity contribution in [2.45, 2.75) is 20.0 Å². The predicted molar refractivity (Wildman–Crippen MR) is 85.5 cm³/mol. The number of nitrogens with one attached hydrogen (secondary N) is 2. The average Bonchev–Trinajstić information content (AvgIpc) is 3.06. The molecule has 7 heteroatoms. The van der Waals surface area contributed by atoms with Gasteiger partial charge in [0.2, 0.25) is 0 Å². The van der Waals surface area contributed by atoms with E-state index in [4.69, 9.17) is 10.00 Å². The molecular formula is C17H15N3O4. The Bertz CT molecular complexity index is 815. The molecule has 24 heavy (non-hydrogen) atoms. The number of carbonyl (C=O) groups excluding carboxylic acids is 3. The molecule has 0 fully saturated rings. The second kappa shape index (κ2) is 7.24. The minimum Gasteiger partial charge on any atom is -0.448 e. The highest BCUT2D eigenvalue weighted by Crippen LogP contribution is 2.11. The third kappa shape index (κ3) is 4.08. The Labute approximate surface area is 138 Å². The summed E-state index contributed by atoms with van der Waals surface area (Å²) in [5.41, 5.74) is 1.41. The van der Waals surface area contributed by atoms with E-state index in [2.05, 4.69) is 10.3 Å². The van der Waals surface area contributed by atoms with Crippen molar-refractivity contribution in [2.75, 3.05) is 5.32 Å². The maximum Gasteiger partial charge on any atom is 0.355 e. The summed E-state index contributed by atoms with van der Waals surface area (Å²) >= 11 is 0. The molecule has 0 aliphatic heterocycles. The number of Topliss-reactive ketones (excluding diaryl/α,β-unsaturated/α-hetero) is 1. The Morgan fingerprint density at radius 3 is 2.46 bits per heavy atom. The molecule has 1 aromatic carbocycles. The Balaban J connectivity index is 1.95. The van der Waals surface area contributed by atoms with Crippen LogP contribution in [-0.2, 0) is 9.53 Å². The second-order valence-electron chi connectivity index (χ2n) is 5.08. The summed E-state index contributed by atoms with van der Waals surface area (Å²) in [5, 5.41) is 11.3. The fourth-order valence-electron chi connectivity index (χ4n) is 1.86. The molecule has 2 N–H and O–H groups in total. The van der Waals surface area contributed by atoms with Gasteiger partial charge >= 0.3 is 5.97 Å². The Morgan fingerprint density at radius 1 is 1.25 bits per heavy atom. The van der Waals surface area contributed by atoms with Gasteiger partial charge in [0.1, 0.15) is 5.69 Å². The third-order valence-corrected chi connectivity index (χ3v) is 3.24. The molecule has 122 valence electrons. The lowest BCUT2D eigenvalue weighted by atomic mass is 10.2. The summed E-state index contributed by atoms with van der Waals surface area (Å²) in [6.07, 6.45) is 0.373. The van der Waals surface area contributed by atoms with Gasteiger partial charge in [-0.25, -0.2) is 4.79 Å².